The maximum Gasteiger partial charge on any atom is 0.501 e. The molecule has 1 aromatic carbocycles. The molecular formula is C16H28O4Si. The Morgan fingerprint density at radius 3 is 1.95 bits per heavy atom. The summed E-state index contributed by atoms with van der Waals surface area (Å²) in [4.78, 5) is 0. The topological polar surface area (TPSA) is 36.9 Å². The van der Waals surface area contributed by atoms with Crippen molar-refractivity contribution in [2.75, 3.05) is 26.4 Å². The second-order valence-electron chi connectivity index (χ2n) is 4.62. The lowest BCUT2D eigenvalue weighted by Crippen LogP contribution is -2.46. The van der Waals surface area contributed by atoms with E-state index in [1.807, 2.05) is 39.0 Å². The molecule has 0 fully saturated rings. The lowest BCUT2D eigenvalue weighted by molar-refractivity contribution is 0.0647. The number of ether oxygens (including phenoxy) is 1. The third kappa shape index (κ3) is 7.20. The molecule has 120 valence electrons. The average molecular weight is 312 g/mol. The zero-order valence-corrected chi connectivity index (χ0v) is 14.5. The van der Waals surface area contributed by atoms with Crippen molar-refractivity contribution in [1.82, 2.24) is 0 Å². The van der Waals surface area contributed by atoms with Crippen LogP contribution in [0.15, 0.2) is 30.3 Å². The van der Waals surface area contributed by atoms with Crippen LogP contribution in [-0.4, -0.2) is 35.2 Å². The van der Waals surface area contributed by atoms with Gasteiger partial charge in [0, 0.05) is 32.5 Å². The van der Waals surface area contributed by atoms with Crippen LogP contribution in [0.4, 0.5) is 0 Å². The molecule has 0 aliphatic carbocycles. The van der Waals surface area contributed by atoms with Gasteiger partial charge >= 0.3 is 8.80 Å². The molecule has 1 rings (SSSR count). The molecule has 1 aromatic rings. The number of hydrogen-bond donors (Lipinski definition) is 0. The van der Waals surface area contributed by atoms with Crippen LogP contribution in [0.2, 0.25) is 6.04 Å². The second kappa shape index (κ2) is 10.9. The Morgan fingerprint density at radius 2 is 1.43 bits per heavy atom. The van der Waals surface area contributed by atoms with Gasteiger partial charge in [-0.25, -0.2) is 0 Å². The molecule has 4 nitrogen and oxygen atoms in total. The van der Waals surface area contributed by atoms with Crippen LogP contribution in [-0.2, 0) is 24.6 Å². The van der Waals surface area contributed by atoms with Crippen LogP contribution in [0.1, 0.15) is 32.8 Å². The van der Waals surface area contributed by atoms with Gasteiger partial charge in [0.15, 0.2) is 0 Å². The fourth-order valence-electron chi connectivity index (χ4n) is 2.16. The van der Waals surface area contributed by atoms with E-state index in [0.29, 0.717) is 33.0 Å². The van der Waals surface area contributed by atoms with E-state index in [-0.39, 0.29) is 0 Å². The van der Waals surface area contributed by atoms with Crippen molar-refractivity contribution < 1.29 is 18.0 Å². The summed E-state index contributed by atoms with van der Waals surface area (Å²) in [6.45, 7) is 9.14. The predicted molar refractivity (Wildman–Crippen MR) is 86.2 cm³/mol. The van der Waals surface area contributed by atoms with Gasteiger partial charge in [-0.05, 0) is 32.8 Å². The molecule has 0 unspecified atom stereocenters. The largest absolute Gasteiger partial charge is 0.501 e. The van der Waals surface area contributed by atoms with E-state index < -0.39 is 8.80 Å². The maximum absolute atomic E-state index is 5.81. The van der Waals surface area contributed by atoms with E-state index in [2.05, 4.69) is 12.1 Å². The Bertz CT molecular complexity index is 342. The van der Waals surface area contributed by atoms with Crippen LogP contribution in [0, 0.1) is 0 Å². The van der Waals surface area contributed by atoms with Gasteiger partial charge < -0.3 is 18.0 Å². The molecular weight excluding hydrogens is 284 g/mol. The van der Waals surface area contributed by atoms with Gasteiger partial charge in [-0.3, -0.25) is 0 Å². The quantitative estimate of drug-likeness (QED) is 0.436. The van der Waals surface area contributed by atoms with Crippen molar-refractivity contribution in [3.63, 3.8) is 0 Å². The fraction of sp³-hybridized carbons (Fsp3) is 0.625. The van der Waals surface area contributed by atoms with E-state index in [1.54, 1.807) is 0 Å². The highest BCUT2D eigenvalue weighted by molar-refractivity contribution is 6.60. The maximum atomic E-state index is 5.81. The van der Waals surface area contributed by atoms with Gasteiger partial charge in [-0.2, -0.15) is 0 Å². The molecule has 0 spiro atoms. The Labute approximate surface area is 129 Å². The smallest absolute Gasteiger partial charge is 0.377 e. The molecule has 0 heterocycles. The minimum Gasteiger partial charge on any atom is -0.377 e. The van der Waals surface area contributed by atoms with Crippen molar-refractivity contribution in [2.24, 2.45) is 0 Å². The first-order valence-electron chi connectivity index (χ1n) is 7.79. The van der Waals surface area contributed by atoms with Crippen LogP contribution in [0.5, 0.6) is 0 Å². The summed E-state index contributed by atoms with van der Waals surface area (Å²) in [6, 6.07) is 11.0. The molecule has 0 saturated carbocycles. The van der Waals surface area contributed by atoms with Crippen LogP contribution >= 0.6 is 0 Å². The average Bonchev–Trinajstić information content (AvgIpc) is 2.49. The molecule has 5 heteroatoms. The first-order valence-corrected chi connectivity index (χ1v) is 9.73. The molecule has 0 bridgehead atoms. The van der Waals surface area contributed by atoms with E-state index in [1.165, 1.54) is 5.56 Å². The molecule has 0 aliphatic heterocycles. The molecule has 0 radical (unpaired) electrons. The third-order valence-corrected chi connectivity index (χ3v) is 6.13. The highest BCUT2D eigenvalue weighted by Gasteiger charge is 2.39. The monoisotopic (exact) mass is 312 g/mol. The number of hydrogen-bond acceptors (Lipinski definition) is 4. The van der Waals surface area contributed by atoms with Gasteiger partial charge in [0.1, 0.15) is 0 Å². The zero-order valence-electron chi connectivity index (χ0n) is 13.5. The second-order valence-corrected chi connectivity index (χ2v) is 7.36. The number of rotatable bonds is 12. The molecule has 0 N–H and O–H groups in total. The first kappa shape index (κ1) is 18.3. The number of benzene rings is 1. The van der Waals surface area contributed by atoms with E-state index >= 15 is 0 Å². The standard InChI is InChI=1S/C16H28O4Si/c1-4-18-21(19-5-2,20-6-3)14-10-13-17-15-16-11-8-7-9-12-16/h7-9,11-12H,4-6,10,13-15H2,1-3H3. The van der Waals surface area contributed by atoms with Gasteiger partial charge in [-0.15, -0.1) is 0 Å². The predicted octanol–water partition coefficient (Wildman–Crippen LogP) is 3.64. The van der Waals surface area contributed by atoms with Crippen LogP contribution in [0.3, 0.4) is 0 Å². The normalized spacial score (nSPS) is 11.8. The lowest BCUT2D eigenvalue weighted by atomic mass is 10.2. The molecule has 21 heavy (non-hydrogen) atoms. The summed E-state index contributed by atoms with van der Waals surface area (Å²) in [7, 11) is -2.50. The Kier molecular flexibility index (Phi) is 9.53. The molecule has 0 aromatic heterocycles. The first-order chi connectivity index (χ1) is 10.3. The van der Waals surface area contributed by atoms with Crippen molar-refractivity contribution in [3.8, 4) is 0 Å². The van der Waals surface area contributed by atoms with E-state index in [0.717, 1.165) is 12.5 Å². The Hall–Kier alpha value is -0.723. The summed E-state index contributed by atoms with van der Waals surface area (Å²) >= 11 is 0. The Morgan fingerprint density at radius 1 is 0.857 bits per heavy atom. The van der Waals surface area contributed by atoms with Crippen molar-refractivity contribution in [3.05, 3.63) is 35.9 Å². The molecule has 0 amide bonds. The molecule has 0 aliphatic rings. The van der Waals surface area contributed by atoms with Crippen molar-refractivity contribution >= 4 is 8.80 Å². The zero-order chi connectivity index (χ0) is 15.4. The summed E-state index contributed by atoms with van der Waals surface area (Å²) in [5.41, 5.74) is 1.19. The van der Waals surface area contributed by atoms with E-state index in [4.69, 9.17) is 18.0 Å². The van der Waals surface area contributed by atoms with Gasteiger partial charge in [0.05, 0.1) is 6.61 Å². The minimum atomic E-state index is -2.50. The fourth-order valence-corrected chi connectivity index (χ4v) is 4.74. The van der Waals surface area contributed by atoms with Crippen LogP contribution in [0.25, 0.3) is 0 Å². The summed E-state index contributed by atoms with van der Waals surface area (Å²) in [5.74, 6) is 0. The van der Waals surface area contributed by atoms with Gasteiger partial charge in [0.25, 0.3) is 0 Å². The summed E-state index contributed by atoms with van der Waals surface area (Å²) < 4.78 is 23.1. The highest BCUT2D eigenvalue weighted by Crippen LogP contribution is 2.18. The van der Waals surface area contributed by atoms with Gasteiger partial charge in [0.2, 0.25) is 0 Å². The molecule has 0 atom stereocenters. The Balaban J connectivity index is 2.31. The SMILES string of the molecule is CCO[Si](CCCOCc1ccccc1)(OCC)OCC. The lowest BCUT2D eigenvalue weighted by Gasteiger charge is -2.28. The molecule has 0 saturated heterocycles. The summed E-state index contributed by atoms with van der Waals surface area (Å²) in [5, 5.41) is 0. The minimum absolute atomic E-state index is 0.622. The van der Waals surface area contributed by atoms with Crippen LogP contribution < -0.4 is 0 Å². The third-order valence-electron chi connectivity index (χ3n) is 2.98. The van der Waals surface area contributed by atoms with Crippen molar-refractivity contribution in [1.29, 1.82) is 0 Å². The van der Waals surface area contributed by atoms with E-state index in [9.17, 15) is 0 Å². The van der Waals surface area contributed by atoms with Crippen molar-refractivity contribution in [2.45, 2.75) is 39.8 Å². The summed E-state index contributed by atoms with van der Waals surface area (Å²) in [6.07, 6.45) is 0.888. The highest BCUT2D eigenvalue weighted by atomic mass is 28.4. The van der Waals surface area contributed by atoms with Gasteiger partial charge in [-0.1, -0.05) is 30.3 Å².